The van der Waals surface area contributed by atoms with Gasteiger partial charge in [-0.25, -0.2) is 4.79 Å². The number of ether oxygens (including phenoxy) is 2. The van der Waals surface area contributed by atoms with Crippen LogP contribution in [-0.2, 0) is 30.4 Å². The number of nitrogens with one attached hydrogen (secondary N) is 1. The highest BCUT2D eigenvalue weighted by atomic mass is 16.6. The first kappa shape index (κ1) is 44.8. The molecule has 0 bridgehead atoms. The van der Waals surface area contributed by atoms with Gasteiger partial charge >= 0.3 is 11.9 Å². The summed E-state index contributed by atoms with van der Waals surface area (Å²) in [5, 5.41) is 14.4. The molecule has 0 fully saturated rings. The van der Waals surface area contributed by atoms with E-state index in [4.69, 9.17) is 9.47 Å². The van der Waals surface area contributed by atoms with Crippen LogP contribution in [-0.4, -0.2) is 49.4 Å². The maximum atomic E-state index is 13.5. The summed E-state index contributed by atoms with van der Waals surface area (Å²) in [5.74, 6) is -0.874. The second-order valence-electron chi connectivity index (χ2n) is 13.6. The number of carbonyl (C=O) groups excluding carboxylic acids is 3. The number of nitrogens with zero attached hydrogens (tertiary/aromatic N) is 4. The number of aromatic amines is 1. The predicted octanol–water partition coefficient (Wildman–Crippen LogP) is 10.6. The van der Waals surface area contributed by atoms with Crippen molar-refractivity contribution in [3.05, 3.63) is 127 Å². The zero-order valence-electron chi connectivity index (χ0n) is 33.5. The van der Waals surface area contributed by atoms with Crippen molar-refractivity contribution >= 4 is 17.8 Å². The number of hydrogen-bond acceptors (Lipinski definition) is 8. The number of hydrogen-bond donors (Lipinski definition) is 1. The van der Waals surface area contributed by atoms with Gasteiger partial charge in [0.1, 0.15) is 18.6 Å². The van der Waals surface area contributed by atoms with E-state index in [1.54, 1.807) is 4.90 Å². The number of H-pyrrole nitrogens is 1. The Bertz CT molecular complexity index is 1770. The summed E-state index contributed by atoms with van der Waals surface area (Å²) in [6, 6.07) is 14.8. The molecule has 1 amide bonds. The Balaban J connectivity index is 1.46. The first-order chi connectivity index (χ1) is 27.3. The molecule has 1 atom stereocenters. The smallest absolute Gasteiger partial charge is 0.334 e. The summed E-state index contributed by atoms with van der Waals surface area (Å²) in [7, 11) is 0. The number of tetrazole rings is 1. The summed E-state index contributed by atoms with van der Waals surface area (Å²) in [4.78, 5) is 40.8. The van der Waals surface area contributed by atoms with Crippen LogP contribution in [0, 0.1) is 5.92 Å². The average molecular weight is 762 g/mol. The molecule has 0 radical (unpaired) electrons. The fraction of sp³-hybridized carbons (Fsp3) is 0.391. The molecule has 1 aromatic heterocycles. The molecule has 3 rings (SSSR count). The van der Waals surface area contributed by atoms with Crippen LogP contribution in [0.5, 0.6) is 0 Å². The van der Waals surface area contributed by atoms with Gasteiger partial charge in [0.2, 0.25) is 11.7 Å². The fourth-order valence-electron chi connectivity index (χ4n) is 5.82. The Hall–Kier alpha value is -5.64. The summed E-state index contributed by atoms with van der Waals surface area (Å²) in [6.45, 7) is 8.15. The van der Waals surface area contributed by atoms with Crippen LogP contribution in [0.15, 0.2) is 122 Å². The van der Waals surface area contributed by atoms with Gasteiger partial charge < -0.3 is 14.4 Å². The van der Waals surface area contributed by atoms with Crippen LogP contribution >= 0.6 is 0 Å². The summed E-state index contributed by atoms with van der Waals surface area (Å²) >= 11 is 0. The highest BCUT2D eigenvalue weighted by Crippen LogP contribution is 2.30. The summed E-state index contributed by atoms with van der Waals surface area (Å²) in [6.07, 6.45) is 32.0. The maximum absolute atomic E-state index is 13.5. The van der Waals surface area contributed by atoms with Crippen molar-refractivity contribution in [2.45, 2.75) is 111 Å². The van der Waals surface area contributed by atoms with Gasteiger partial charge in [0.05, 0.1) is 0 Å². The topological polar surface area (TPSA) is 127 Å². The monoisotopic (exact) mass is 761 g/mol. The lowest BCUT2D eigenvalue weighted by Crippen LogP contribution is -2.48. The van der Waals surface area contributed by atoms with E-state index in [1.165, 1.54) is 0 Å². The normalized spacial score (nSPS) is 12.7. The van der Waals surface area contributed by atoms with Crippen molar-refractivity contribution < 1.29 is 23.9 Å². The van der Waals surface area contributed by atoms with Crippen molar-refractivity contribution in [3.8, 4) is 22.5 Å². The van der Waals surface area contributed by atoms with E-state index in [-0.39, 0.29) is 24.8 Å². The van der Waals surface area contributed by atoms with E-state index in [9.17, 15) is 14.4 Å². The summed E-state index contributed by atoms with van der Waals surface area (Å²) in [5.41, 5.74) is 3.60. The number of allylic oxidation sites excluding steroid dienone is 10. The van der Waals surface area contributed by atoms with Gasteiger partial charge in [0.25, 0.3) is 0 Å². The number of esters is 2. The number of aromatic nitrogens is 4. The Kier molecular flexibility index (Phi) is 21.6. The molecular weight excluding hydrogens is 703 g/mol. The molecule has 10 nitrogen and oxygen atoms in total. The van der Waals surface area contributed by atoms with Gasteiger partial charge in [-0.2, -0.15) is 5.21 Å². The zero-order valence-corrected chi connectivity index (χ0v) is 33.5. The van der Waals surface area contributed by atoms with Crippen molar-refractivity contribution in [2.75, 3.05) is 0 Å². The quantitative estimate of drug-likeness (QED) is 0.0391. The van der Waals surface area contributed by atoms with Crippen LogP contribution in [0.25, 0.3) is 22.5 Å². The molecule has 0 aliphatic rings. The molecule has 1 N–H and O–H groups in total. The lowest BCUT2D eigenvalue weighted by atomic mass is 9.97. The highest BCUT2D eigenvalue weighted by Gasteiger charge is 2.33. The number of carbonyl (C=O) groups is 3. The van der Waals surface area contributed by atoms with Crippen molar-refractivity contribution in [3.63, 3.8) is 0 Å². The van der Waals surface area contributed by atoms with Gasteiger partial charge in [0.15, 0.2) is 0 Å². The number of benzene rings is 2. The van der Waals surface area contributed by atoms with Gasteiger partial charge in [-0.3, -0.25) is 9.59 Å². The van der Waals surface area contributed by atoms with Gasteiger partial charge in [0, 0.05) is 24.9 Å². The SMILES string of the molecule is CC/C=C\C/C=C\C/C=C\C/C=C\C/C=C\CCCC(=O)O/C=C/OC(=O)[C@H](C(C)C)N(Cc1ccc(-c2ccccc2-c2nn[nH]n2)cc1)C(=O)CCCC. The first-order valence-corrected chi connectivity index (χ1v) is 19.9. The molecule has 298 valence electrons. The zero-order chi connectivity index (χ0) is 40.2. The molecule has 0 aliphatic heterocycles. The second kappa shape index (κ2) is 27.0. The third-order valence-electron chi connectivity index (χ3n) is 8.75. The Labute approximate surface area is 333 Å². The predicted molar refractivity (Wildman–Crippen MR) is 223 cm³/mol. The standard InChI is InChI=1S/C46H59N5O5/c1-5-7-9-10-11-12-13-14-15-16-17-18-19-20-21-22-23-29-43(53)55-34-35-56-46(54)44(37(3)4)51(42(52)28-8-6-2)36-38-30-32-39(33-31-38)40-26-24-25-27-41(40)45-47-49-50-48-45/h7,9,11-12,14-15,17-18,20-21,24-27,30-35,37,44H,5-6,8,10,13,16,19,22-23,28-29,36H2,1-4H3,(H,47,48,49,50)/b9-7-,12-11-,15-14-,18-17-,21-20-,35-34+/t44-/m0/s1. The van der Waals surface area contributed by atoms with Crippen molar-refractivity contribution in [1.29, 1.82) is 0 Å². The minimum Gasteiger partial charge on any atom is -0.431 e. The molecule has 1 heterocycles. The molecular formula is C46H59N5O5. The highest BCUT2D eigenvalue weighted by molar-refractivity contribution is 5.85. The number of amides is 1. The van der Waals surface area contributed by atoms with Gasteiger partial charge in [-0.05, 0) is 79.2 Å². The molecule has 0 saturated carbocycles. The van der Waals surface area contributed by atoms with Gasteiger partial charge in [-0.15, -0.1) is 10.2 Å². The van der Waals surface area contributed by atoms with E-state index < -0.39 is 18.0 Å². The Morgan fingerprint density at radius 1 is 0.732 bits per heavy atom. The van der Waals surface area contributed by atoms with E-state index >= 15 is 0 Å². The largest absolute Gasteiger partial charge is 0.431 e. The fourth-order valence-corrected chi connectivity index (χ4v) is 5.82. The van der Waals surface area contributed by atoms with E-state index in [0.29, 0.717) is 25.1 Å². The molecule has 56 heavy (non-hydrogen) atoms. The lowest BCUT2D eigenvalue weighted by Gasteiger charge is -2.32. The van der Waals surface area contributed by atoms with E-state index in [0.717, 1.165) is 79.7 Å². The Morgan fingerprint density at radius 3 is 1.93 bits per heavy atom. The molecule has 0 unspecified atom stereocenters. The minimum absolute atomic E-state index is 0.128. The van der Waals surface area contributed by atoms with E-state index in [1.807, 2.05) is 69.3 Å². The van der Waals surface area contributed by atoms with Crippen LogP contribution < -0.4 is 0 Å². The van der Waals surface area contributed by atoms with Crippen LogP contribution in [0.2, 0.25) is 0 Å². The molecule has 2 aromatic carbocycles. The second-order valence-corrected chi connectivity index (χ2v) is 13.6. The minimum atomic E-state index is -0.846. The van der Waals surface area contributed by atoms with Gasteiger partial charge in [-0.1, -0.05) is 143 Å². The maximum Gasteiger partial charge on any atom is 0.334 e. The lowest BCUT2D eigenvalue weighted by molar-refractivity contribution is -0.154. The van der Waals surface area contributed by atoms with Crippen molar-refractivity contribution in [2.24, 2.45) is 5.92 Å². The molecule has 3 aromatic rings. The van der Waals surface area contributed by atoms with Crippen molar-refractivity contribution in [1.82, 2.24) is 25.5 Å². The number of unbranched alkanes of at least 4 members (excludes halogenated alkanes) is 2. The van der Waals surface area contributed by atoms with Crippen LogP contribution in [0.4, 0.5) is 0 Å². The summed E-state index contributed by atoms with van der Waals surface area (Å²) < 4.78 is 10.6. The molecule has 0 spiro atoms. The first-order valence-electron chi connectivity index (χ1n) is 19.9. The van der Waals surface area contributed by atoms with Crippen LogP contribution in [0.1, 0.15) is 104 Å². The molecule has 0 aliphatic carbocycles. The van der Waals surface area contributed by atoms with Crippen LogP contribution in [0.3, 0.4) is 0 Å². The average Bonchev–Trinajstić information content (AvgIpc) is 3.75. The molecule has 10 heteroatoms. The van der Waals surface area contributed by atoms with E-state index in [2.05, 4.69) is 88.3 Å². The Morgan fingerprint density at radius 2 is 1.34 bits per heavy atom. The third kappa shape index (κ3) is 16.8. The number of rotatable bonds is 25. The molecule has 0 saturated heterocycles. The third-order valence-corrected chi connectivity index (χ3v) is 8.75.